The monoisotopic (exact) mass is 1460 g/mol. The van der Waals surface area contributed by atoms with Gasteiger partial charge in [0.05, 0.1) is 113 Å². The van der Waals surface area contributed by atoms with E-state index >= 15 is 0 Å². The van der Waals surface area contributed by atoms with Crippen molar-refractivity contribution >= 4 is 135 Å². The summed E-state index contributed by atoms with van der Waals surface area (Å²) in [6.45, 7) is 16.5. The number of nitrogens with two attached hydrogens (primary N) is 3. The number of pyridine rings is 3. The van der Waals surface area contributed by atoms with Crippen LogP contribution in [-0.2, 0) is 81.5 Å². The Labute approximate surface area is 612 Å². The predicted molar refractivity (Wildman–Crippen MR) is 408 cm³/mol. The fourth-order valence-electron chi connectivity index (χ4n) is 12.7. The lowest BCUT2D eigenvalue weighted by Gasteiger charge is -2.38. The third-order valence-electron chi connectivity index (χ3n) is 18.4. The number of amides is 5. The van der Waals surface area contributed by atoms with Crippen molar-refractivity contribution in [3.63, 3.8) is 0 Å². The Morgan fingerprint density at radius 3 is 1.18 bits per heavy atom. The Hall–Kier alpha value is -9.16. The second-order valence-electron chi connectivity index (χ2n) is 26.2. The molecule has 0 radical (unpaired) electrons. The van der Waals surface area contributed by atoms with Crippen LogP contribution in [0.15, 0.2) is 91.4 Å². The van der Waals surface area contributed by atoms with E-state index < -0.39 is 35.5 Å². The van der Waals surface area contributed by atoms with Gasteiger partial charge in [-0.05, 0) is 170 Å². The van der Waals surface area contributed by atoms with Gasteiger partial charge in [-0.1, -0.05) is 59.7 Å². The molecule has 12 rings (SSSR count). The molecule has 103 heavy (non-hydrogen) atoms. The summed E-state index contributed by atoms with van der Waals surface area (Å²) in [5, 5.41) is 22.8. The number of thiazole rings is 3. The van der Waals surface area contributed by atoms with Crippen LogP contribution in [0.3, 0.4) is 0 Å². The smallest absolute Gasteiger partial charge is 0.394 e. The Morgan fingerprint density at radius 2 is 0.845 bits per heavy atom. The molecule has 11 N–H and O–H groups in total. The fraction of sp³-hybridized carbons (Fsp3) is 0.440. The van der Waals surface area contributed by atoms with Crippen LogP contribution in [-0.4, -0.2) is 141 Å². The van der Waals surface area contributed by atoms with Gasteiger partial charge >= 0.3 is 35.5 Å². The van der Waals surface area contributed by atoms with Gasteiger partial charge in [0.25, 0.3) is 0 Å². The molecule has 0 spiro atoms. The molecule has 3 saturated heterocycles. The third kappa shape index (κ3) is 21.0. The molecule has 0 aliphatic carbocycles. The first-order chi connectivity index (χ1) is 49.6. The van der Waals surface area contributed by atoms with Gasteiger partial charge in [-0.15, -0.1) is 34.0 Å². The van der Waals surface area contributed by atoms with Crippen molar-refractivity contribution in [2.75, 3.05) is 93.9 Å². The number of aromatic nitrogens is 6. The number of benzene rings is 3. The van der Waals surface area contributed by atoms with E-state index in [2.05, 4.69) is 112 Å². The number of ether oxygens (including phenoxy) is 3. The number of anilines is 6. The number of hydrogen-bond donors (Lipinski definition) is 8. The quantitative estimate of drug-likeness (QED) is 0.0370. The number of carbonyl (C=O) groups is 6. The van der Waals surface area contributed by atoms with E-state index in [9.17, 15) is 28.8 Å². The predicted octanol–water partition coefficient (Wildman–Crippen LogP) is 11.7. The van der Waals surface area contributed by atoms with Crippen LogP contribution < -0.4 is 38.5 Å². The second kappa shape index (κ2) is 37.3. The van der Waals surface area contributed by atoms with Crippen molar-refractivity contribution in [3.8, 4) is 0 Å². The average molecular weight is 1460 g/mol. The highest BCUT2D eigenvalue weighted by Gasteiger charge is 2.37. The van der Waals surface area contributed by atoms with Crippen molar-refractivity contribution in [1.82, 2.24) is 45.0 Å². The minimum atomic E-state index is -1.54. The van der Waals surface area contributed by atoms with Crippen LogP contribution in [0.1, 0.15) is 147 Å². The lowest BCUT2D eigenvalue weighted by Crippen LogP contribution is -2.46. The highest BCUT2D eigenvalue weighted by molar-refractivity contribution is 7.19. The summed E-state index contributed by atoms with van der Waals surface area (Å²) in [6, 6.07) is 24.4. The molecule has 3 aliphatic heterocycles. The van der Waals surface area contributed by atoms with E-state index in [0.29, 0.717) is 98.0 Å². The number of carboxylic acid groups (broad SMARTS) is 1. The molecule has 9 aromatic rings. The lowest BCUT2D eigenvalue weighted by atomic mass is 9.89. The molecule has 0 bridgehead atoms. The zero-order chi connectivity index (χ0) is 73.9. The van der Waals surface area contributed by atoms with Gasteiger partial charge in [0.15, 0.2) is 0 Å². The first-order valence-electron chi connectivity index (χ1n) is 35.0. The highest BCUT2D eigenvalue weighted by atomic mass is 32.1. The Bertz CT molecular complexity index is 4240. The molecule has 0 saturated carbocycles. The van der Waals surface area contributed by atoms with Crippen molar-refractivity contribution in [2.24, 2.45) is 17.8 Å². The van der Waals surface area contributed by atoms with Crippen LogP contribution >= 0.6 is 34.0 Å². The minimum Gasteiger partial charge on any atom is -0.474 e. The zero-order valence-corrected chi connectivity index (χ0v) is 62.5. The number of carboxylic acids is 1. The third-order valence-corrected chi connectivity index (χ3v) is 21.7. The number of carbonyl (C=O) groups excluding carboxylic acids is 5. The molecule has 9 heterocycles. The molecule has 5 amide bonds. The van der Waals surface area contributed by atoms with Gasteiger partial charge in [-0.3, -0.25) is 24.0 Å². The summed E-state index contributed by atoms with van der Waals surface area (Å²) in [7, 11) is 5.11. The summed E-state index contributed by atoms with van der Waals surface area (Å²) in [4.78, 5) is 103. The standard InChI is InChI=1S/2C25H31N5O3S.C16H22N2OS.C9H11N3O3/c2*1-4-16-11-18(13-27-23(16)26)28-24(31)25(32)30-14-15(2)5-7-20(30)17-6-8-21-19(12-17)29-22(34-21)9-10-33-3;1-11-3-5-13(17-10-11)12-4-6-15-14(9-12)18-16(20-15)7-8-19-2;1-2-5-3-6(4-11-7(5)10)12-8(13)9(14)15/h2*6,8,11-13,15,20H,4-5,7,9-10,14H2,1-3H3,(H2,26,27)(H,28,31);4,6,9,11,13,17H,3,5,7-8,10H2,1-2H3;3-4H,2H2,1H3,(H2,10,11)(H,12,13)(H,14,15)/t2*15-,20+;11-,13+;/m101./s1. The number of nitrogen functional groups attached to an aromatic ring is 3. The maximum absolute atomic E-state index is 13.3. The van der Waals surface area contributed by atoms with Gasteiger partial charge in [0, 0.05) is 59.7 Å². The molecule has 25 nitrogen and oxygen atoms in total. The molecule has 6 aromatic heterocycles. The van der Waals surface area contributed by atoms with Gasteiger partial charge < -0.3 is 67.6 Å². The van der Waals surface area contributed by atoms with Crippen molar-refractivity contribution in [2.45, 2.75) is 137 Å². The number of methoxy groups -OCH3 is 3. The maximum atomic E-state index is 13.3. The molecule has 6 atom stereocenters. The van der Waals surface area contributed by atoms with E-state index in [4.69, 9.17) is 51.5 Å². The SMILES string of the molecule is CCc1cc(NC(=O)C(=O)N2C[C@@H](C)CC[C@@H]2c2ccc3sc(CCOC)nc3c2)cnc1N.CCc1cc(NC(=O)C(=O)N2C[C@H](C)CC[C@H]2c2ccc3sc(CCOC)nc3c2)cnc1N.CCc1cc(NC(=O)C(=O)O)cnc1N.COCCc1nc2cc([C@@H]3CC[C@@H](C)CN3)ccc2s1. The number of likely N-dealkylation sites (tertiary alicyclic amines) is 2. The second-order valence-corrected chi connectivity index (χ2v) is 29.6. The normalized spacial score (nSPS) is 18.0. The molecular weight excluding hydrogens is 1370 g/mol. The number of nitrogens with zero attached hydrogens (tertiary/aromatic N) is 8. The molecule has 3 aliphatic rings. The first kappa shape index (κ1) is 78.0. The molecule has 3 aromatic carbocycles. The van der Waals surface area contributed by atoms with E-state index in [1.165, 1.54) is 46.7 Å². The van der Waals surface area contributed by atoms with E-state index in [1.54, 1.807) is 83.3 Å². The van der Waals surface area contributed by atoms with E-state index in [-0.39, 0.29) is 12.1 Å². The van der Waals surface area contributed by atoms with E-state index in [1.807, 2.05) is 20.8 Å². The van der Waals surface area contributed by atoms with Gasteiger partial charge in [-0.25, -0.2) is 34.7 Å². The largest absolute Gasteiger partial charge is 0.474 e. The molecule has 28 heteroatoms. The van der Waals surface area contributed by atoms with Crippen LogP contribution in [0.4, 0.5) is 34.5 Å². The number of aliphatic carboxylic acids is 1. The van der Waals surface area contributed by atoms with Crippen molar-refractivity contribution in [1.29, 1.82) is 0 Å². The number of rotatable bonds is 18. The zero-order valence-electron chi connectivity index (χ0n) is 60.0. The maximum Gasteiger partial charge on any atom is 0.394 e. The number of hydrogen-bond acceptors (Lipinski definition) is 22. The summed E-state index contributed by atoms with van der Waals surface area (Å²) in [5.41, 5.74) is 27.3. The topological polar surface area (TPSA) is 360 Å². The summed E-state index contributed by atoms with van der Waals surface area (Å²) in [5.74, 6) is -2.35. The lowest BCUT2D eigenvalue weighted by molar-refractivity contribution is -0.147. The van der Waals surface area contributed by atoms with Crippen molar-refractivity contribution < 1.29 is 48.1 Å². The van der Waals surface area contributed by atoms with Gasteiger partial charge in [0.1, 0.15) is 17.5 Å². The summed E-state index contributed by atoms with van der Waals surface area (Å²) < 4.78 is 19.0. The molecule has 0 unspecified atom stereocenters. The minimum absolute atomic E-state index is 0.168. The molecule has 548 valence electrons. The first-order valence-corrected chi connectivity index (χ1v) is 37.4. The van der Waals surface area contributed by atoms with Crippen LogP contribution in [0.5, 0.6) is 0 Å². The number of aryl methyl sites for hydroxylation is 3. The molecule has 3 fully saturated rings. The van der Waals surface area contributed by atoms with Crippen LogP contribution in [0, 0.1) is 17.8 Å². The number of nitrogens with one attached hydrogen (secondary N) is 4. The molecular formula is C75H95N15O10S3. The fourth-order valence-corrected chi connectivity index (χ4v) is 15.4. The average Bonchev–Trinajstić information content (AvgIpc) is 1.78. The summed E-state index contributed by atoms with van der Waals surface area (Å²) in [6.07, 6.45) is 14.9. The van der Waals surface area contributed by atoms with Gasteiger partial charge in [-0.2, -0.15) is 0 Å². The number of piperidine rings is 3. The van der Waals surface area contributed by atoms with E-state index in [0.717, 1.165) is 128 Å². The highest BCUT2D eigenvalue weighted by Crippen LogP contribution is 2.39. The Morgan fingerprint density at radius 1 is 0.495 bits per heavy atom. The van der Waals surface area contributed by atoms with Crippen LogP contribution in [0.2, 0.25) is 0 Å². The van der Waals surface area contributed by atoms with Crippen LogP contribution in [0.25, 0.3) is 30.6 Å². The Balaban J connectivity index is 0.000000167. The van der Waals surface area contributed by atoms with Gasteiger partial charge in [0.2, 0.25) is 0 Å². The van der Waals surface area contributed by atoms with Crippen molar-refractivity contribution in [3.05, 3.63) is 140 Å². The Kier molecular flexibility index (Phi) is 28.3. The summed E-state index contributed by atoms with van der Waals surface area (Å²) >= 11 is 5.10. The number of fused-ring (bicyclic) bond motifs is 3.